The molecule has 0 aliphatic carbocycles. The molecule has 0 spiro atoms. The second-order valence-electron chi connectivity index (χ2n) is 16.1. The number of aliphatic hydroxyl groups excluding tert-OH is 2. The van der Waals surface area contributed by atoms with Gasteiger partial charge in [0.1, 0.15) is 24.9 Å². The van der Waals surface area contributed by atoms with Crippen LogP contribution in [0.15, 0.2) is 182 Å². The minimum atomic E-state index is -2.08. The Morgan fingerprint density at radius 2 is 0.662 bits per heavy atom. The van der Waals surface area contributed by atoms with Gasteiger partial charge in [-0.15, -0.1) is 0 Å². The van der Waals surface area contributed by atoms with Crippen LogP contribution >= 0.6 is 0 Å². The van der Waals surface area contributed by atoms with Gasteiger partial charge in [-0.1, -0.05) is 109 Å². The van der Waals surface area contributed by atoms with E-state index in [9.17, 15) is 39.0 Å². The van der Waals surface area contributed by atoms with Gasteiger partial charge >= 0.3 is 35.8 Å². The summed E-state index contributed by atoms with van der Waals surface area (Å²) in [7, 11) is 0. The van der Waals surface area contributed by atoms with Crippen molar-refractivity contribution in [3.63, 3.8) is 0 Å². The van der Waals surface area contributed by atoms with Crippen LogP contribution in [0.3, 0.4) is 0 Å². The van der Waals surface area contributed by atoms with Crippen molar-refractivity contribution in [2.45, 2.75) is 61.4 Å². The summed E-state index contributed by atoms with van der Waals surface area (Å²) in [6.07, 6.45) is -17.8. The number of hydrogen-bond donors (Lipinski definition) is 2. The van der Waals surface area contributed by atoms with Crippen LogP contribution in [0.2, 0.25) is 0 Å². The molecule has 0 radical (unpaired) electrons. The topological polar surface area (TPSA) is 226 Å². The lowest BCUT2D eigenvalue weighted by atomic mass is 9.97. The van der Waals surface area contributed by atoms with Crippen LogP contribution in [0.5, 0.6) is 0 Å². The van der Waals surface area contributed by atoms with Crippen molar-refractivity contribution in [3.05, 3.63) is 215 Å². The van der Waals surface area contributed by atoms with Crippen LogP contribution in [0, 0.1) is 0 Å². The highest BCUT2D eigenvalue weighted by Gasteiger charge is 2.55. The van der Waals surface area contributed by atoms with Crippen molar-refractivity contribution in [2.75, 3.05) is 13.2 Å². The maximum Gasteiger partial charge on any atom is 0.338 e. The summed E-state index contributed by atoms with van der Waals surface area (Å²) in [4.78, 5) is 81.8. The number of hydrogen-bond acceptors (Lipinski definition) is 17. The highest BCUT2D eigenvalue weighted by molar-refractivity contribution is 5.92. The lowest BCUT2D eigenvalue weighted by Gasteiger charge is -2.45. The normalized spacial score (nSPS) is 23.7. The van der Waals surface area contributed by atoms with Gasteiger partial charge in [-0.05, 0) is 72.8 Å². The molecule has 0 amide bonds. The molecule has 2 fully saturated rings. The molecule has 2 heterocycles. The molecule has 0 aromatic heterocycles. The fraction of sp³-hybridized carbons (Fsp3) is 0.222. The molecule has 2 saturated heterocycles. The standard InChI is InChI=1S/C54H46O17/c55-41-42(67-48(57)34-21-9-2-10-22-34)39(31-63-47(56)33-19-7-1-8-20-33)66-54(44(41)69-50(59)36-25-13-4-14-26-36)64-32-40-43(68-49(58)35-23-11-3-12-24-35)45(70-51(60)37-27-15-5-16-28-37)46(53(62)65-40)71-52(61)38-29-17-6-18-30-38/h1-30,39-46,53-55,62H,31-32H2/t39-,40-,41+,42-,43-,44-,45+,46-,53-,54-/m1/s1. The first-order chi connectivity index (χ1) is 34.5. The number of ether oxygens (including phenoxy) is 9. The zero-order valence-electron chi connectivity index (χ0n) is 37.5. The molecule has 10 atom stereocenters. The van der Waals surface area contributed by atoms with E-state index in [2.05, 4.69) is 0 Å². The van der Waals surface area contributed by atoms with Gasteiger partial charge < -0.3 is 52.8 Å². The molecule has 6 aromatic carbocycles. The minimum Gasteiger partial charge on any atom is -0.459 e. The largest absolute Gasteiger partial charge is 0.459 e. The van der Waals surface area contributed by atoms with E-state index >= 15 is 0 Å². The molecule has 17 nitrogen and oxygen atoms in total. The number of aliphatic hydroxyl groups is 2. The average molecular weight is 967 g/mol. The van der Waals surface area contributed by atoms with Crippen LogP contribution in [-0.2, 0) is 42.6 Å². The van der Waals surface area contributed by atoms with Crippen molar-refractivity contribution in [1.29, 1.82) is 0 Å². The Morgan fingerprint density at radius 3 is 1.06 bits per heavy atom. The first-order valence-electron chi connectivity index (χ1n) is 22.3. The maximum absolute atomic E-state index is 13.9. The van der Waals surface area contributed by atoms with E-state index in [1.54, 1.807) is 109 Å². The highest BCUT2D eigenvalue weighted by atomic mass is 16.7. The van der Waals surface area contributed by atoms with Gasteiger partial charge in [-0.25, -0.2) is 28.8 Å². The minimum absolute atomic E-state index is 0.0525. The van der Waals surface area contributed by atoms with E-state index < -0.39 is 110 Å². The van der Waals surface area contributed by atoms with E-state index in [0.717, 1.165) is 0 Å². The Bertz CT molecular complexity index is 2730. The summed E-state index contributed by atoms with van der Waals surface area (Å²) in [5.74, 6) is -5.51. The second-order valence-corrected chi connectivity index (χ2v) is 16.1. The van der Waals surface area contributed by atoms with E-state index in [0.29, 0.717) is 0 Å². The maximum atomic E-state index is 13.9. The molecule has 2 aliphatic heterocycles. The third kappa shape index (κ3) is 12.4. The lowest BCUT2D eigenvalue weighted by molar-refractivity contribution is -0.323. The molecular formula is C54H46O17. The van der Waals surface area contributed by atoms with Gasteiger partial charge in [0.25, 0.3) is 0 Å². The zero-order chi connectivity index (χ0) is 49.7. The number of rotatable bonds is 16. The summed E-state index contributed by atoms with van der Waals surface area (Å²) >= 11 is 0. The van der Waals surface area contributed by atoms with Crippen molar-refractivity contribution < 1.29 is 81.6 Å². The number of carbonyl (C=O) groups is 6. The number of benzene rings is 6. The summed E-state index contributed by atoms with van der Waals surface area (Å²) in [6, 6.07) is 46.7. The van der Waals surface area contributed by atoms with E-state index in [1.165, 1.54) is 72.8 Å². The van der Waals surface area contributed by atoms with Crippen LogP contribution in [0.1, 0.15) is 62.1 Å². The van der Waals surface area contributed by atoms with Gasteiger partial charge in [-0.3, -0.25) is 0 Å². The average Bonchev–Trinajstić information content (AvgIpc) is 3.42. The lowest BCUT2D eigenvalue weighted by Crippen LogP contribution is -2.64. The Kier molecular flexibility index (Phi) is 16.3. The fourth-order valence-electron chi connectivity index (χ4n) is 7.70. The highest BCUT2D eigenvalue weighted by Crippen LogP contribution is 2.33. The fourth-order valence-corrected chi connectivity index (χ4v) is 7.70. The van der Waals surface area contributed by atoms with E-state index in [4.69, 9.17) is 42.6 Å². The van der Waals surface area contributed by atoms with E-state index in [1.807, 2.05) is 0 Å². The van der Waals surface area contributed by atoms with Gasteiger partial charge in [0.2, 0.25) is 0 Å². The van der Waals surface area contributed by atoms with Crippen molar-refractivity contribution in [1.82, 2.24) is 0 Å². The summed E-state index contributed by atoms with van der Waals surface area (Å²) < 4.78 is 53.7. The predicted molar refractivity (Wildman–Crippen MR) is 246 cm³/mol. The molecule has 364 valence electrons. The summed E-state index contributed by atoms with van der Waals surface area (Å²) in [5.41, 5.74) is 0.494. The van der Waals surface area contributed by atoms with Gasteiger partial charge in [-0.2, -0.15) is 0 Å². The van der Waals surface area contributed by atoms with Crippen LogP contribution < -0.4 is 0 Å². The Labute approximate surface area is 406 Å². The van der Waals surface area contributed by atoms with Crippen molar-refractivity contribution in [2.24, 2.45) is 0 Å². The molecule has 8 rings (SSSR count). The second kappa shape index (κ2) is 23.5. The van der Waals surface area contributed by atoms with Crippen molar-refractivity contribution >= 4 is 35.8 Å². The van der Waals surface area contributed by atoms with Crippen LogP contribution in [-0.4, -0.2) is 121 Å². The summed E-state index contributed by atoms with van der Waals surface area (Å²) in [6.45, 7) is -1.40. The van der Waals surface area contributed by atoms with Crippen LogP contribution in [0.4, 0.5) is 0 Å². The molecule has 17 heteroatoms. The van der Waals surface area contributed by atoms with Crippen LogP contribution in [0.25, 0.3) is 0 Å². The van der Waals surface area contributed by atoms with Crippen molar-refractivity contribution in [3.8, 4) is 0 Å². The molecule has 0 saturated carbocycles. The molecule has 6 aromatic rings. The summed E-state index contributed by atoms with van der Waals surface area (Å²) in [5, 5.41) is 23.9. The SMILES string of the molecule is O=C(OC[C@H]1O[C@@H](OC[C@H]2O[C@@H](O)[C@H](OC(=O)c3ccccc3)[C@@H](OC(=O)c3ccccc3)[C@@H]2OC(=O)c2ccccc2)[C@H](OC(=O)c2ccccc2)[C@@H](O)[C@@H]1OC(=O)c1ccccc1)c1ccccc1. The Balaban J connectivity index is 1.14. The first-order valence-corrected chi connectivity index (χ1v) is 22.3. The molecular weight excluding hydrogens is 921 g/mol. The molecule has 0 unspecified atom stereocenters. The monoisotopic (exact) mass is 966 g/mol. The van der Waals surface area contributed by atoms with Gasteiger partial charge in [0.05, 0.1) is 40.0 Å². The molecule has 71 heavy (non-hydrogen) atoms. The molecule has 2 N–H and O–H groups in total. The zero-order valence-corrected chi connectivity index (χ0v) is 37.5. The first kappa shape index (κ1) is 49.4. The molecule has 0 bridgehead atoms. The third-order valence-electron chi connectivity index (χ3n) is 11.3. The third-order valence-corrected chi connectivity index (χ3v) is 11.3. The Hall–Kier alpha value is -8.06. The quantitative estimate of drug-likeness (QED) is 0.0864. The number of carbonyl (C=O) groups excluding carboxylic acids is 6. The number of esters is 6. The Morgan fingerprint density at radius 1 is 0.352 bits per heavy atom. The van der Waals surface area contributed by atoms with Gasteiger partial charge in [0, 0.05) is 0 Å². The smallest absolute Gasteiger partial charge is 0.338 e. The predicted octanol–water partition coefficient (Wildman–Crippen LogP) is 5.79. The molecule has 2 aliphatic rings. The van der Waals surface area contributed by atoms with Gasteiger partial charge in [0.15, 0.2) is 43.1 Å². The van der Waals surface area contributed by atoms with E-state index in [-0.39, 0.29) is 33.4 Å².